The molecular weight excluding hydrogens is 194 g/mol. The van der Waals surface area contributed by atoms with Crippen LogP contribution in [0.2, 0.25) is 0 Å². The number of aromatic nitrogens is 3. The Balaban J connectivity index is 2.53. The lowest BCUT2D eigenvalue weighted by atomic mass is 10.3. The Morgan fingerprint density at radius 1 is 1.33 bits per heavy atom. The van der Waals surface area contributed by atoms with E-state index in [2.05, 4.69) is 28.6 Å². The fourth-order valence-electron chi connectivity index (χ4n) is 1.59. The minimum atomic E-state index is 0.0654. The number of nitrogens with zero attached hydrogens (tertiary/aromatic N) is 3. The second kappa shape index (κ2) is 5.82. The molecule has 0 aliphatic heterocycles. The molecular formula is C10H19N3O2. The maximum Gasteiger partial charge on any atom is 0.135 e. The molecule has 0 bridgehead atoms. The summed E-state index contributed by atoms with van der Waals surface area (Å²) in [5, 5.41) is 16.7. The van der Waals surface area contributed by atoms with Crippen molar-refractivity contribution < 1.29 is 9.84 Å². The van der Waals surface area contributed by atoms with Gasteiger partial charge in [-0.05, 0) is 20.8 Å². The van der Waals surface area contributed by atoms with E-state index in [0.29, 0.717) is 19.3 Å². The zero-order chi connectivity index (χ0) is 11.3. The highest BCUT2D eigenvalue weighted by Crippen LogP contribution is 2.10. The molecule has 5 heteroatoms. The normalized spacial score (nSPS) is 11.3. The molecule has 1 aromatic rings. The Morgan fingerprint density at radius 3 is 2.67 bits per heavy atom. The number of ether oxygens (including phenoxy) is 1. The van der Waals surface area contributed by atoms with E-state index in [4.69, 9.17) is 9.84 Å². The van der Waals surface area contributed by atoms with Crippen molar-refractivity contribution in [2.45, 2.75) is 33.2 Å². The van der Waals surface area contributed by atoms with E-state index in [0.717, 1.165) is 18.1 Å². The lowest BCUT2D eigenvalue weighted by molar-refractivity contribution is 0.0931. The summed E-state index contributed by atoms with van der Waals surface area (Å²) in [5.41, 5.74) is 0. The van der Waals surface area contributed by atoms with Crippen LogP contribution in [0.25, 0.3) is 0 Å². The quantitative estimate of drug-likeness (QED) is 0.707. The molecule has 0 saturated heterocycles. The van der Waals surface area contributed by atoms with Crippen molar-refractivity contribution in [3.05, 3.63) is 11.6 Å². The van der Waals surface area contributed by atoms with E-state index in [1.165, 1.54) is 0 Å². The second-order valence-corrected chi connectivity index (χ2v) is 3.71. The molecule has 1 rings (SSSR count). The molecule has 0 radical (unpaired) electrons. The first-order valence-electron chi connectivity index (χ1n) is 5.25. The summed E-state index contributed by atoms with van der Waals surface area (Å²) in [7, 11) is 0. The number of rotatable bonds is 6. The first kappa shape index (κ1) is 12.1. The van der Waals surface area contributed by atoms with Crippen LogP contribution in [0.5, 0.6) is 0 Å². The minimum Gasteiger partial charge on any atom is -0.394 e. The molecule has 1 N–H and O–H groups in total. The van der Waals surface area contributed by atoms with Gasteiger partial charge in [0.1, 0.15) is 11.6 Å². The number of aliphatic hydroxyl groups is 1. The zero-order valence-electron chi connectivity index (χ0n) is 9.60. The van der Waals surface area contributed by atoms with E-state index >= 15 is 0 Å². The van der Waals surface area contributed by atoms with Crippen molar-refractivity contribution in [3.63, 3.8) is 0 Å². The summed E-state index contributed by atoms with van der Waals surface area (Å²) in [5.74, 6) is 1.88. The summed E-state index contributed by atoms with van der Waals surface area (Å²) < 4.78 is 7.30. The highest BCUT2D eigenvalue weighted by Gasteiger charge is 2.10. The lowest BCUT2D eigenvalue weighted by Crippen LogP contribution is -2.11. The molecule has 0 spiro atoms. The van der Waals surface area contributed by atoms with Crippen molar-refractivity contribution in [2.75, 3.05) is 19.8 Å². The average Bonchev–Trinajstić information content (AvgIpc) is 2.54. The van der Waals surface area contributed by atoms with Crippen molar-refractivity contribution in [1.82, 2.24) is 14.8 Å². The number of hydrogen-bond acceptors (Lipinski definition) is 4. The Hall–Kier alpha value is -0.940. The van der Waals surface area contributed by atoms with Crippen LogP contribution in [-0.4, -0.2) is 39.7 Å². The van der Waals surface area contributed by atoms with Gasteiger partial charge in [0.15, 0.2) is 0 Å². The third-order valence-electron chi connectivity index (χ3n) is 2.16. The molecule has 1 heterocycles. The van der Waals surface area contributed by atoms with E-state index < -0.39 is 0 Å². The Morgan fingerprint density at radius 2 is 2.07 bits per heavy atom. The maximum absolute atomic E-state index is 8.55. The molecule has 15 heavy (non-hydrogen) atoms. The van der Waals surface area contributed by atoms with E-state index in [9.17, 15) is 0 Å². The Labute approximate surface area is 90.1 Å². The van der Waals surface area contributed by atoms with E-state index in [1.807, 2.05) is 6.92 Å². The highest BCUT2D eigenvalue weighted by molar-refractivity contribution is 4.96. The van der Waals surface area contributed by atoms with Crippen molar-refractivity contribution >= 4 is 0 Å². The number of aryl methyl sites for hydroxylation is 1. The van der Waals surface area contributed by atoms with Gasteiger partial charge in [0.05, 0.1) is 19.8 Å². The third kappa shape index (κ3) is 3.28. The zero-order valence-corrected chi connectivity index (χ0v) is 9.60. The Kier molecular flexibility index (Phi) is 4.71. The van der Waals surface area contributed by atoms with Crippen LogP contribution in [0.1, 0.15) is 31.5 Å². The van der Waals surface area contributed by atoms with Gasteiger partial charge in [-0.25, -0.2) is 0 Å². The standard InChI is InChI=1S/C10H19N3O2/c1-8(2)13-9(3)11-12-10(13)4-6-15-7-5-14/h8,14H,4-7H2,1-3H3. The molecule has 0 saturated carbocycles. The summed E-state index contributed by atoms with van der Waals surface area (Å²) in [6.07, 6.45) is 0.735. The summed E-state index contributed by atoms with van der Waals surface area (Å²) >= 11 is 0. The number of aliphatic hydroxyl groups excluding tert-OH is 1. The molecule has 0 amide bonds. The van der Waals surface area contributed by atoms with Gasteiger partial charge in [0, 0.05) is 12.5 Å². The highest BCUT2D eigenvalue weighted by atomic mass is 16.5. The largest absolute Gasteiger partial charge is 0.394 e. The van der Waals surface area contributed by atoms with Gasteiger partial charge in [-0.3, -0.25) is 0 Å². The fourth-order valence-corrected chi connectivity index (χ4v) is 1.59. The molecule has 0 unspecified atom stereocenters. The monoisotopic (exact) mass is 213 g/mol. The summed E-state index contributed by atoms with van der Waals surface area (Å²) in [6, 6.07) is 0.368. The SMILES string of the molecule is Cc1nnc(CCOCCO)n1C(C)C. The molecule has 0 atom stereocenters. The molecule has 86 valence electrons. The van der Waals surface area contributed by atoms with Gasteiger partial charge in [0.2, 0.25) is 0 Å². The van der Waals surface area contributed by atoms with E-state index in [-0.39, 0.29) is 6.61 Å². The van der Waals surface area contributed by atoms with Crippen molar-refractivity contribution in [2.24, 2.45) is 0 Å². The number of hydrogen-bond donors (Lipinski definition) is 1. The first-order chi connectivity index (χ1) is 7.16. The van der Waals surface area contributed by atoms with Crippen LogP contribution in [-0.2, 0) is 11.2 Å². The van der Waals surface area contributed by atoms with Crippen LogP contribution in [0.3, 0.4) is 0 Å². The average molecular weight is 213 g/mol. The van der Waals surface area contributed by atoms with E-state index in [1.54, 1.807) is 0 Å². The van der Waals surface area contributed by atoms with Gasteiger partial charge >= 0.3 is 0 Å². The third-order valence-corrected chi connectivity index (χ3v) is 2.16. The molecule has 1 aromatic heterocycles. The second-order valence-electron chi connectivity index (χ2n) is 3.71. The van der Waals surface area contributed by atoms with Crippen molar-refractivity contribution in [1.29, 1.82) is 0 Å². The summed E-state index contributed by atoms with van der Waals surface area (Å²) in [6.45, 7) is 7.18. The Bertz CT molecular complexity index is 297. The molecule has 0 aliphatic carbocycles. The predicted octanol–water partition coefficient (Wildman–Crippen LogP) is 0.719. The van der Waals surface area contributed by atoms with Crippen LogP contribution in [0, 0.1) is 6.92 Å². The van der Waals surface area contributed by atoms with Gasteiger partial charge in [0.25, 0.3) is 0 Å². The van der Waals surface area contributed by atoms with Crippen LogP contribution in [0.15, 0.2) is 0 Å². The fraction of sp³-hybridized carbons (Fsp3) is 0.800. The smallest absolute Gasteiger partial charge is 0.135 e. The molecule has 0 aliphatic rings. The lowest BCUT2D eigenvalue weighted by Gasteiger charge is -2.12. The summed E-state index contributed by atoms with van der Waals surface area (Å²) in [4.78, 5) is 0. The van der Waals surface area contributed by atoms with Crippen LogP contribution in [0.4, 0.5) is 0 Å². The first-order valence-corrected chi connectivity index (χ1v) is 5.25. The van der Waals surface area contributed by atoms with Gasteiger partial charge in [-0.1, -0.05) is 0 Å². The van der Waals surface area contributed by atoms with Gasteiger partial charge in [-0.2, -0.15) is 0 Å². The van der Waals surface area contributed by atoms with Crippen LogP contribution < -0.4 is 0 Å². The molecule has 5 nitrogen and oxygen atoms in total. The van der Waals surface area contributed by atoms with Crippen LogP contribution >= 0.6 is 0 Å². The minimum absolute atomic E-state index is 0.0654. The molecule has 0 aromatic carbocycles. The van der Waals surface area contributed by atoms with Crippen molar-refractivity contribution in [3.8, 4) is 0 Å². The molecule has 0 fully saturated rings. The van der Waals surface area contributed by atoms with Gasteiger partial charge < -0.3 is 14.4 Å². The topological polar surface area (TPSA) is 60.2 Å². The maximum atomic E-state index is 8.55. The van der Waals surface area contributed by atoms with Gasteiger partial charge in [-0.15, -0.1) is 10.2 Å². The predicted molar refractivity (Wildman–Crippen MR) is 56.8 cm³/mol.